The topological polar surface area (TPSA) is 136 Å². The average molecular weight is 743 g/mol. The number of fused-ring (bicyclic) bond motifs is 2. The number of aromatic nitrogens is 6. The van der Waals surface area contributed by atoms with Crippen LogP contribution in [-0.4, -0.2) is 46.2 Å². The van der Waals surface area contributed by atoms with Crippen LogP contribution in [0.1, 0.15) is 36.8 Å². The Hall–Kier alpha value is -4.66. The molecule has 10 nitrogen and oxygen atoms in total. The summed E-state index contributed by atoms with van der Waals surface area (Å²) in [6.07, 6.45) is 8.08. The molecule has 2 N–H and O–H groups in total. The molecule has 14 heteroatoms. The molecule has 0 radical (unpaired) electrons. The van der Waals surface area contributed by atoms with E-state index in [1.54, 1.807) is 41.4 Å². The van der Waals surface area contributed by atoms with Gasteiger partial charge < -0.3 is 10.0 Å². The summed E-state index contributed by atoms with van der Waals surface area (Å²) in [6.45, 7) is 4.84. The number of benzene rings is 2. The third-order valence-corrected chi connectivity index (χ3v) is 9.11. The summed E-state index contributed by atoms with van der Waals surface area (Å²) in [5, 5.41) is 17.5. The Morgan fingerprint density at radius 1 is 0.760 bits per heavy atom. The van der Waals surface area contributed by atoms with Crippen LogP contribution in [0.3, 0.4) is 0 Å². The van der Waals surface area contributed by atoms with E-state index in [1.807, 2.05) is 24.3 Å². The highest BCUT2D eigenvalue weighted by Crippen LogP contribution is 2.32. The molecule has 0 saturated heterocycles. The SMILES string of the molecule is Cc1cc(F)ccc1-c1nc2cccnc2n(CC2CC2)c1=O.Cc1cc(F)ccc1B(O)O.O=c1c(Br)nc2cccnc2n1CC1CC1. The summed E-state index contributed by atoms with van der Waals surface area (Å²) < 4.78 is 29.6. The van der Waals surface area contributed by atoms with Crippen LogP contribution in [0.15, 0.2) is 87.2 Å². The van der Waals surface area contributed by atoms with Crippen LogP contribution >= 0.6 is 15.9 Å². The lowest BCUT2D eigenvalue weighted by atomic mass is 9.77. The van der Waals surface area contributed by atoms with Gasteiger partial charge >= 0.3 is 7.12 Å². The minimum absolute atomic E-state index is 0.0851. The highest BCUT2D eigenvalue weighted by molar-refractivity contribution is 9.10. The van der Waals surface area contributed by atoms with Gasteiger partial charge in [-0.2, -0.15) is 0 Å². The second-order valence-electron chi connectivity index (χ2n) is 12.6. The van der Waals surface area contributed by atoms with Crippen molar-refractivity contribution in [1.29, 1.82) is 0 Å². The van der Waals surface area contributed by atoms with Gasteiger partial charge in [0.15, 0.2) is 15.9 Å². The molecule has 6 aromatic rings. The third kappa shape index (κ3) is 8.20. The van der Waals surface area contributed by atoms with E-state index in [0.717, 1.165) is 24.9 Å². The second-order valence-corrected chi connectivity index (χ2v) is 13.4. The van der Waals surface area contributed by atoms with Crippen LogP contribution in [0.25, 0.3) is 33.6 Å². The number of pyridine rings is 2. The fraction of sp³-hybridized carbons (Fsp3) is 0.278. The molecular weight excluding hydrogens is 709 g/mol. The van der Waals surface area contributed by atoms with Gasteiger partial charge in [-0.3, -0.25) is 18.7 Å². The van der Waals surface area contributed by atoms with Crippen LogP contribution in [0.2, 0.25) is 0 Å². The summed E-state index contributed by atoms with van der Waals surface area (Å²) >= 11 is 3.21. The number of aryl methyl sites for hydroxylation is 2. The van der Waals surface area contributed by atoms with Crippen molar-refractivity contribution in [3.63, 3.8) is 0 Å². The number of halogens is 3. The molecule has 2 fully saturated rings. The van der Waals surface area contributed by atoms with E-state index in [0.29, 0.717) is 67.6 Å². The average Bonchev–Trinajstić information content (AvgIpc) is 4.02. The second kappa shape index (κ2) is 15.1. The van der Waals surface area contributed by atoms with Gasteiger partial charge in [-0.15, -0.1) is 0 Å². The first-order chi connectivity index (χ1) is 24.0. The van der Waals surface area contributed by atoms with Crippen molar-refractivity contribution in [2.45, 2.75) is 52.6 Å². The number of hydrogen-bond donors (Lipinski definition) is 2. The van der Waals surface area contributed by atoms with Crippen molar-refractivity contribution in [1.82, 2.24) is 29.1 Å². The van der Waals surface area contributed by atoms with Gasteiger partial charge in [-0.25, -0.2) is 28.7 Å². The summed E-state index contributed by atoms with van der Waals surface area (Å²) in [6, 6.07) is 15.6. The molecule has 0 aliphatic heterocycles. The molecule has 0 atom stereocenters. The maximum Gasteiger partial charge on any atom is 0.488 e. The molecule has 2 aromatic carbocycles. The number of rotatable bonds is 6. The van der Waals surface area contributed by atoms with E-state index in [-0.39, 0.29) is 22.8 Å². The predicted molar refractivity (Wildman–Crippen MR) is 192 cm³/mol. The first-order valence-electron chi connectivity index (χ1n) is 16.3. The first-order valence-corrected chi connectivity index (χ1v) is 17.0. The maximum atomic E-state index is 13.4. The lowest BCUT2D eigenvalue weighted by Crippen LogP contribution is -2.31. The lowest BCUT2D eigenvalue weighted by Gasteiger charge is -2.12. The molecule has 2 aliphatic rings. The van der Waals surface area contributed by atoms with Crippen molar-refractivity contribution >= 4 is 50.8 Å². The predicted octanol–water partition coefficient (Wildman–Crippen LogP) is 5.09. The molecule has 2 saturated carbocycles. The van der Waals surface area contributed by atoms with E-state index < -0.39 is 7.12 Å². The van der Waals surface area contributed by atoms with Crippen molar-refractivity contribution in [3.05, 3.63) is 121 Å². The van der Waals surface area contributed by atoms with Gasteiger partial charge in [-0.05, 0) is 138 Å². The van der Waals surface area contributed by atoms with Crippen molar-refractivity contribution < 1.29 is 18.8 Å². The van der Waals surface area contributed by atoms with Crippen molar-refractivity contribution in [2.75, 3.05) is 0 Å². The van der Waals surface area contributed by atoms with Gasteiger partial charge in [-0.1, -0.05) is 6.07 Å². The van der Waals surface area contributed by atoms with Gasteiger partial charge in [0.1, 0.15) is 28.4 Å². The van der Waals surface area contributed by atoms with Crippen LogP contribution in [0.5, 0.6) is 0 Å². The number of hydrogen-bond acceptors (Lipinski definition) is 8. The molecule has 0 spiro atoms. The Bertz CT molecular complexity index is 2310. The Labute approximate surface area is 294 Å². The van der Waals surface area contributed by atoms with Crippen LogP contribution in [-0.2, 0) is 13.1 Å². The van der Waals surface area contributed by atoms with E-state index in [1.165, 1.54) is 43.2 Å². The van der Waals surface area contributed by atoms with Gasteiger partial charge in [0.05, 0.1) is 0 Å². The first kappa shape index (κ1) is 35.2. The van der Waals surface area contributed by atoms with E-state index >= 15 is 0 Å². The van der Waals surface area contributed by atoms with Crippen LogP contribution in [0, 0.1) is 37.3 Å². The molecule has 4 aromatic heterocycles. The minimum Gasteiger partial charge on any atom is -0.423 e. The van der Waals surface area contributed by atoms with E-state index in [4.69, 9.17) is 10.0 Å². The van der Waals surface area contributed by atoms with E-state index in [2.05, 4.69) is 35.9 Å². The Morgan fingerprint density at radius 2 is 1.28 bits per heavy atom. The zero-order valence-electron chi connectivity index (χ0n) is 27.4. The quantitative estimate of drug-likeness (QED) is 0.225. The largest absolute Gasteiger partial charge is 0.488 e. The zero-order valence-corrected chi connectivity index (χ0v) is 29.0. The Morgan fingerprint density at radius 3 is 1.80 bits per heavy atom. The van der Waals surface area contributed by atoms with Gasteiger partial charge in [0.2, 0.25) is 0 Å². The molecule has 256 valence electrons. The number of nitrogens with zero attached hydrogens (tertiary/aromatic N) is 6. The van der Waals surface area contributed by atoms with Crippen LogP contribution in [0.4, 0.5) is 8.78 Å². The summed E-state index contributed by atoms with van der Waals surface area (Å²) in [5.74, 6) is 0.499. The van der Waals surface area contributed by atoms with Crippen molar-refractivity contribution in [3.8, 4) is 11.3 Å². The highest BCUT2D eigenvalue weighted by atomic mass is 79.9. The Balaban J connectivity index is 0.000000139. The van der Waals surface area contributed by atoms with Gasteiger partial charge in [0.25, 0.3) is 11.1 Å². The maximum absolute atomic E-state index is 13.4. The summed E-state index contributed by atoms with van der Waals surface area (Å²) in [5.41, 5.74) is 5.13. The minimum atomic E-state index is -1.52. The molecule has 2 aliphatic carbocycles. The fourth-order valence-corrected chi connectivity index (χ4v) is 5.98. The fourth-order valence-electron chi connectivity index (χ4n) is 5.57. The molecule has 4 heterocycles. The zero-order chi connectivity index (χ0) is 35.5. The lowest BCUT2D eigenvalue weighted by molar-refractivity contribution is 0.425. The monoisotopic (exact) mass is 742 g/mol. The third-order valence-electron chi connectivity index (χ3n) is 8.59. The standard InChI is InChI=1S/C18H16FN3O.C11H10BrN3O.C7H8BFO2/c1-11-9-13(19)6-7-14(11)16-18(23)22(10-12-4-5-12)17-15(21-16)3-2-8-20-17;12-9-11(16)15(6-7-3-4-7)10-8(14-9)2-1-5-13-10;1-5-4-6(9)2-3-7(5)8(10)11/h2-3,6-9,12H,4-5,10H2,1H3;1-2,5,7H,3-4,6H2;2-4,10-11H,1H3. The molecule has 0 amide bonds. The molecule has 0 unspecified atom stereocenters. The Kier molecular flexibility index (Phi) is 10.6. The smallest absolute Gasteiger partial charge is 0.423 e. The molecule has 8 rings (SSSR count). The molecule has 0 bridgehead atoms. The molecular formula is C36H34BBrF2N6O4. The molecule has 50 heavy (non-hydrogen) atoms. The summed E-state index contributed by atoms with van der Waals surface area (Å²) in [4.78, 5) is 42.2. The summed E-state index contributed by atoms with van der Waals surface area (Å²) in [7, 11) is -1.52. The van der Waals surface area contributed by atoms with E-state index in [9.17, 15) is 18.4 Å². The van der Waals surface area contributed by atoms with Crippen LogP contribution < -0.4 is 16.6 Å². The highest BCUT2D eigenvalue weighted by Gasteiger charge is 2.25. The van der Waals surface area contributed by atoms with Gasteiger partial charge in [0, 0.05) is 31.0 Å². The normalized spacial score (nSPS) is 13.7. The van der Waals surface area contributed by atoms with Crippen molar-refractivity contribution in [2.24, 2.45) is 11.8 Å².